The van der Waals surface area contributed by atoms with Crippen molar-refractivity contribution in [3.8, 4) is 0 Å². The fourth-order valence-electron chi connectivity index (χ4n) is 2.04. The number of urea groups is 1. The summed E-state index contributed by atoms with van der Waals surface area (Å²) in [4.78, 5) is 11.8. The zero-order valence-electron chi connectivity index (χ0n) is 12.3. The van der Waals surface area contributed by atoms with E-state index in [4.69, 9.17) is 0 Å². The van der Waals surface area contributed by atoms with Crippen molar-refractivity contribution in [2.24, 2.45) is 0 Å². The third kappa shape index (κ3) is 5.06. The standard InChI is InChI=1S/C15H24N2O2S/c1-4-12-7-5-6-8-13(12)9-16-15(19)17-11(2)14(10-18)20-3/h5-8,11,14,18H,4,9-10H2,1-3H3,(H2,16,17,19). The number of carbonyl (C=O) groups is 1. The van der Waals surface area contributed by atoms with Crippen LogP contribution < -0.4 is 10.6 Å². The minimum Gasteiger partial charge on any atom is -0.395 e. The van der Waals surface area contributed by atoms with Crippen LogP contribution in [0, 0.1) is 0 Å². The summed E-state index contributed by atoms with van der Waals surface area (Å²) in [7, 11) is 0. The summed E-state index contributed by atoms with van der Waals surface area (Å²) in [5.41, 5.74) is 2.39. The van der Waals surface area contributed by atoms with E-state index in [-0.39, 0.29) is 23.9 Å². The van der Waals surface area contributed by atoms with Crippen molar-refractivity contribution in [2.75, 3.05) is 12.9 Å². The van der Waals surface area contributed by atoms with Gasteiger partial charge in [-0.3, -0.25) is 0 Å². The van der Waals surface area contributed by atoms with Gasteiger partial charge in [-0.15, -0.1) is 0 Å². The summed E-state index contributed by atoms with van der Waals surface area (Å²) < 4.78 is 0. The number of benzene rings is 1. The first kappa shape index (κ1) is 16.9. The quantitative estimate of drug-likeness (QED) is 0.722. The van der Waals surface area contributed by atoms with E-state index in [9.17, 15) is 9.90 Å². The average molecular weight is 296 g/mol. The Labute approximate surface area is 125 Å². The van der Waals surface area contributed by atoms with Crippen molar-refractivity contribution in [1.82, 2.24) is 10.6 Å². The average Bonchev–Trinajstić information content (AvgIpc) is 2.46. The molecule has 5 heteroatoms. The first-order valence-electron chi connectivity index (χ1n) is 6.87. The molecule has 3 N–H and O–H groups in total. The molecule has 0 bridgehead atoms. The summed E-state index contributed by atoms with van der Waals surface area (Å²) in [5, 5.41) is 14.9. The second-order valence-corrected chi connectivity index (χ2v) is 5.77. The number of thioether (sulfide) groups is 1. The largest absolute Gasteiger partial charge is 0.395 e. The highest BCUT2D eigenvalue weighted by molar-refractivity contribution is 7.99. The van der Waals surface area contributed by atoms with E-state index in [1.807, 2.05) is 31.4 Å². The first-order chi connectivity index (χ1) is 9.62. The van der Waals surface area contributed by atoms with Crippen molar-refractivity contribution in [3.05, 3.63) is 35.4 Å². The molecule has 0 heterocycles. The van der Waals surface area contributed by atoms with Gasteiger partial charge >= 0.3 is 6.03 Å². The Kier molecular flexibility index (Phi) is 7.47. The van der Waals surface area contributed by atoms with E-state index in [0.717, 1.165) is 12.0 Å². The van der Waals surface area contributed by atoms with Crippen LogP contribution in [0.25, 0.3) is 0 Å². The number of aryl methyl sites for hydroxylation is 1. The summed E-state index contributed by atoms with van der Waals surface area (Å²) in [6.07, 6.45) is 2.88. The lowest BCUT2D eigenvalue weighted by molar-refractivity contribution is 0.232. The van der Waals surface area contributed by atoms with Gasteiger partial charge in [0.05, 0.1) is 6.61 Å². The molecule has 1 aromatic rings. The van der Waals surface area contributed by atoms with Crippen molar-refractivity contribution >= 4 is 17.8 Å². The zero-order chi connectivity index (χ0) is 15.0. The number of aliphatic hydroxyl groups excluding tert-OH is 1. The molecule has 2 atom stereocenters. The van der Waals surface area contributed by atoms with E-state index >= 15 is 0 Å². The molecule has 0 radical (unpaired) electrons. The van der Waals surface area contributed by atoms with Crippen LogP contribution in [0.5, 0.6) is 0 Å². The maximum atomic E-state index is 11.8. The maximum Gasteiger partial charge on any atom is 0.315 e. The molecule has 0 aromatic heterocycles. The highest BCUT2D eigenvalue weighted by Crippen LogP contribution is 2.11. The lowest BCUT2D eigenvalue weighted by atomic mass is 10.1. The summed E-state index contributed by atoms with van der Waals surface area (Å²) in [6.45, 7) is 4.58. The van der Waals surface area contributed by atoms with Crippen LogP contribution in [0.1, 0.15) is 25.0 Å². The van der Waals surface area contributed by atoms with Gasteiger partial charge in [-0.05, 0) is 30.7 Å². The Morgan fingerprint density at radius 1 is 1.35 bits per heavy atom. The Balaban J connectivity index is 2.47. The minimum absolute atomic E-state index is 0.0173. The topological polar surface area (TPSA) is 61.4 Å². The molecule has 1 rings (SSSR count). The van der Waals surface area contributed by atoms with Gasteiger partial charge in [0.2, 0.25) is 0 Å². The molecular formula is C15H24N2O2S. The van der Waals surface area contributed by atoms with Crippen molar-refractivity contribution in [3.63, 3.8) is 0 Å². The monoisotopic (exact) mass is 296 g/mol. The van der Waals surface area contributed by atoms with Crippen LogP contribution >= 0.6 is 11.8 Å². The molecule has 0 saturated heterocycles. The normalized spacial score (nSPS) is 13.6. The smallest absolute Gasteiger partial charge is 0.315 e. The van der Waals surface area contributed by atoms with Gasteiger partial charge in [0.15, 0.2) is 0 Å². The SMILES string of the molecule is CCc1ccccc1CNC(=O)NC(C)C(CO)SC. The fraction of sp³-hybridized carbons (Fsp3) is 0.533. The molecule has 2 unspecified atom stereocenters. The molecule has 4 nitrogen and oxygen atoms in total. The molecule has 0 aliphatic heterocycles. The van der Waals surface area contributed by atoms with Crippen LogP contribution in [0.2, 0.25) is 0 Å². The van der Waals surface area contributed by atoms with Gasteiger partial charge in [0.1, 0.15) is 0 Å². The van der Waals surface area contributed by atoms with Crippen molar-refractivity contribution in [1.29, 1.82) is 0 Å². The van der Waals surface area contributed by atoms with Crippen molar-refractivity contribution in [2.45, 2.75) is 38.1 Å². The molecule has 1 aromatic carbocycles. The number of nitrogens with one attached hydrogen (secondary N) is 2. The molecule has 20 heavy (non-hydrogen) atoms. The number of amides is 2. The molecule has 2 amide bonds. The molecular weight excluding hydrogens is 272 g/mol. The van der Waals surface area contributed by atoms with E-state index in [1.165, 1.54) is 5.56 Å². The van der Waals surface area contributed by atoms with Crippen LogP contribution in [0.4, 0.5) is 4.79 Å². The molecule has 0 saturated carbocycles. The van der Waals surface area contributed by atoms with E-state index in [1.54, 1.807) is 11.8 Å². The highest BCUT2D eigenvalue weighted by Gasteiger charge is 2.17. The first-order valence-corrected chi connectivity index (χ1v) is 8.15. The van der Waals surface area contributed by atoms with Crippen LogP contribution in [-0.4, -0.2) is 35.3 Å². The third-order valence-electron chi connectivity index (χ3n) is 3.34. The second kappa shape index (κ2) is 8.87. The van der Waals surface area contributed by atoms with Gasteiger partial charge < -0.3 is 15.7 Å². The molecule has 0 aliphatic rings. The number of rotatable bonds is 7. The third-order valence-corrected chi connectivity index (χ3v) is 4.50. The molecule has 0 aliphatic carbocycles. The summed E-state index contributed by atoms with van der Waals surface area (Å²) in [5.74, 6) is 0. The molecule has 112 valence electrons. The lowest BCUT2D eigenvalue weighted by Gasteiger charge is -2.21. The van der Waals surface area contributed by atoms with Gasteiger partial charge in [-0.1, -0.05) is 31.2 Å². The molecule has 0 spiro atoms. The summed E-state index contributed by atoms with van der Waals surface area (Å²) in [6, 6.07) is 7.82. The minimum atomic E-state index is -0.198. The summed E-state index contributed by atoms with van der Waals surface area (Å²) >= 11 is 1.55. The van der Waals surface area contributed by atoms with Gasteiger partial charge in [-0.25, -0.2) is 4.79 Å². The zero-order valence-corrected chi connectivity index (χ0v) is 13.2. The van der Waals surface area contributed by atoms with Gasteiger partial charge in [-0.2, -0.15) is 11.8 Å². The predicted molar refractivity (Wildman–Crippen MR) is 85.0 cm³/mol. The number of aliphatic hydroxyl groups is 1. The molecule has 0 fully saturated rings. The van der Waals surface area contributed by atoms with E-state index in [2.05, 4.69) is 23.6 Å². The fourth-order valence-corrected chi connectivity index (χ4v) is 2.66. The second-order valence-electron chi connectivity index (χ2n) is 4.69. The Bertz CT molecular complexity index is 422. The highest BCUT2D eigenvalue weighted by atomic mass is 32.2. The number of hydrogen-bond acceptors (Lipinski definition) is 3. The van der Waals surface area contributed by atoms with Crippen molar-refractivity contribution < 1.29 is 9.90 Å². The number of hydrogen-bond donors (Lipinski definition) is 3. The lowest BCUT2D eigenvalue weighted by Crippen LogP contribution is -2.45. The number of carbonyl (C=O) groups excluding carboxylic acids is 1. The van der Waals surface area contributed by atoms with Crippen LogP contribution in [-0.2, 0) is 13.0 Å². The Hall–Kier alpha value is -1.20. The Morgan fingerprint density at radius 2 is 2.00 bits per heavy atom. The maximum absolute atomic E-state index is 11.8. The van der Waals surface area contributed by atoms with E-state index < -0.39 is 0 Å². The van der Waals surface area contributed by atoms with Crippen LogP contribution in [0.15, 0.2) is 24.3 Å². The predicted octanol–water partition coefficient (Wildman–Crippen LogP) is 2.16. The Morgan fingerprint density at radius 3 is 2.55 bits per heavy atom. The van der Waals surface area contributed by atoms with Gasteiger partial charge in [0.25, 0.3) is 0 Å². The van der Waals surface area contributed by atoms with Crippen LogP contribution in [0.3, 0.4) is 0 Å². The van der Waals surface area contributed by atoms with Gasteiger partial charge in [0, 0.05) is 17.8 Å². The van der Waals surface area contributed by atoms with E-state index in [0.29, 0.717) is 6.54 Å².